The monoisotopic (exact) mass is 339 g/mol. The number of carbonyl (C=O) groups excluding carboxylic acids is 2. The number of nitrogens with one attached hydrogen (secondary N) is 1. The van der Waals surface area contributed by atoms with E-state index in [1.165, 1.54) is 13.2 Å². The van der Waals surface area contributed by atoms with E-state index in [-0.39, 0.29) is 12.7 Å². The zero-order chi connectivity index (χ0) is 17.8. The van der Waals surface area contributed by atoms with Crippen LogP contribution in [0.2, 0.25) is 0 Å². The van der Waals surface area contributed by atoms with Gasteiger partial charge < -0.3 is 19.5 Å². The minimum absolute atomic E-state index is 0.207. The minimum atomic E-state index is -0.440. The quantitative estimate of drug-likeness (QED) is 0.684. The zero-order valence-electron chi connectivity index (χ0n) is 13.9. The second-order valence-corrected chi connectivity index (χ2v) is 5.40. The van der Waals surface area contributed by atoms with Crippen LogP contribution in [0.4, 0.5) is 5.69 Å². The third-order valence-corrected chi connectivity index (χ3v) is 3.82. The Morgan fingerprint density at radius 2 is 1.96 bits per heavy atom. The van der Waals surface area contributed by atoms with Gasteiger partial charge >= 0.3 is 5.97 Å². The van der Waals surface area contributed by atoms with Crippen LogP contribution in [0.1, 0.15) is 21.5 Å². The molecule has 0 atom stereocenters. The number of methoxy groups -OCH3 is 1. The maximum Gasteiger partial charge on any atom is 0.338 e. The molecule has 0 aromatic heterocycles. The third-order valence-electron chi connectivity index (χ3n) is 3.82. The zero-order valence-corrected chi connectivity index (χ0v) is 13.9. The molecule has 0 aliphatic carbocycles. The predicted molar refractivity (Wildman–Crippen MR) is 92.7 cm³/mol. The molecule has 3 rings (SSSR count). The third kappa shape index (κ3) is 3.63. The predicted octanol–water partition coefficient (Wildman–Crippen LogP) is 3.16. The van der Waals surface area contributed by atoms with Crippen molar-refractivity contribution in [2.45, 2.75) is 6.92 Å². The summed E-state index contributed by atoms with van der Waals surface area (Å²) in [4.78, 5) is 23.9. The molecule has 1 heterocycles. The minimum Gasteiger partial charge on any atom is -0.465 e. The first-order chi connectivity index (χ1) is 12.1. The Morgan fingerprint density at radius 1 is 1.16 bits per heavy atom. The van der Waals surface area contributed by atoms with Crippen molar-refractivity contribution in [3.05, 3.63) is 59.2 Å². The fraction of sp³-hybridized carbons (Fsp3) is 0.158. The highest BCUT2D eigenvalue weighted by molar-refractivity contribution is 6.03. The highest BCUT2D eigenvalue weighted by Gasteiger charge is 2.13. The highest BCUT2D eigenvalue weighted by atomic mass is 16.7. The van der Waals surface area contributed by atoms with E-state index >= 15 is 0 Å². The van der Waals surface area contributed by atoms with Gasteiger partial charge in [-0.15, -0.1) is 0 Å². The van der Waals surface area contributed by atoms with Crippen molar-refractivity contribution in [2.75, 3.05) is 19.2 Å². The summed E-state index contributed by atoms with van der Waals surface area (Å²) >= 11 is 0. The molecule has 0 spiro atoms. The molecule has 0 saturated carbocycles. The Morgan fingerprint density at radius 3 is 2.76 bits per heavy atom. The molecular formula is C19H17NO5. The molecule has 0 unspecified atom stereocenters. The molecule has 0 bridgehead atoms. The number of esters is 1. The van der Waals surface area contributed by atoms with E-state index in [0.29, 0.717) is 28.3 Å². The fourth-order valence-corrected chi connectivity index (χ4v) is 2.47. The number of amides is 1. The summed E-state index contributed by atoms with van der Waals surface area (Å²) in [6, 6.07) is 10.5. The smallest absolute Gasteiger partial charge is 0.338 e. The molecule has 1 aliphatic rings. The molecule has 0 saturated heterocycles. The Labute approximate surface area is 145 Å². The number of fused-ring (bicyclic) bond motifs is 1. The van der Waals surface area contributed by atoms with Crippen LogP contribution in [-0.2, 0) is 9.53 Å². The van der Waals surface area contributed by atoms with Crippen molar-refractivity contribution in [3.8, 4) is 11.5 Å². The van der Waals surface area contributed by atoms with Gasteiger partial charge in [0.25, 0.3) is 0 Å². The summed E-state index contributed by atoms with van der Waals surface area (Å²) in [6.07, 6.45) is 3.10. The van der Waals surface area contributed by atoms with Gasteiger partial charge in [-0.3, -0.25) is 4.79 Å². The van der Waals surface area contributed by atoms with E-state index in [9.17, 15) is 9.59 Å². The van der Waals surface area contributed by atoms with Crippen molar-refractivity contribution in [1.29, 1.82) is 0 Å². The lowest BCUT2D eigenvalue weighted by molar-refractivity contribution is -0.111. The molecular weight excluding hydrogens is 322 g/mol. The molecule has 25 heavy (non-hydrogen) atoms. The van der Waals surface area contributed by atoms with Crippen LogP contribution in [0.25, 0.3) is 6.08 Å². The molecule has 2 aromatic rings. The van der Waals surface area contributed by atoms with Crippen molar-refractivity contribution < 1.29 is 23.8 Å². The van der Waals surface area contributed by atoms with Gasteiger partial charge in [-0.25, -0.2) is 4.79 Å². The van der Waals surface area contributed by atoms with Gasteiger partial charge in [0, 0.05) is 11.8 Å². The first-order valence-corrected chi connectivity index (χ1v) is 7.65. The molecule has 128 valence electrons. The number of anilines is 1. The largest absolute Gasteiger partial charge is 0.465 e. The standard InChI is InChI=1S/C19H17NO5/c1-12-14(19(22)23-2)4-3-5-15(12)20-18(21)9-7-13-6-8-16-17(10-13)25-11-24-16/h3-10H,11H2,1-2H3,(H,20,21)/b9-7+. The summed E-state index contributed by atoms with van der Waals surface area (Å²) in [5.74, 6) is 0.605. The Bertz CT molecular complexity index is 857. The fourth-order valence-electron chi connectivity index (χ4n) is 2.47. The van der Waals surface area contributed by atoms with Crippen LogP contribution in [0, 0.1) is 6.92 Å². The summed E-state index contributed by atoms with van der Waals surface area (Å²) < 4.78 is 15.3. The molecule has 2 aromatic carbocycles. The van der Waals surface area contributed by atoms with Gasteiger partial charge in [-0.2, -0.15) is 0 Å². The van der Waals surface area contributed by atoms with Gasteiger partial charge in [-0.05, 0) is 48.4 Å². The number of hydrogen-bond acceptors (Lipinski definition) is 5. The van der Waals surface area contributed by atoms with E-state index in [1.54, 1.807) is 43.3 Å². The Kier molecular flexibility index (Phi) is 4.70. The van der Waals surface area contributed by atoms with Gasteiger partial charge in [-0.1, -0.05) is 12.1 Å². The molecule has 1 aliphatic heterocycles. The van der Waals surface area contributed by atoms with E-state index in [0.717, 1.165) is 5.56 Å². The van der Waals surface area contributed by atoms with Crippen LogP contribution in [0.5, 0.6) is 11.5 Å². The van der Waals surface area contributed by atoms with Crippen molar-refractivity contribution in [3.63, 3.8) is 0 Å². The summed E-state index contributed by atoms with van der Waals surface area (Å²) in [6.45, 7) is 1.96. The van der Waals surface area contributed by atoms with Crippen molar-refractivity contribution in [1.82, 2.24) is 0 Å². The summed E-state index contributed by atoms with van der Waals surface area (Å²) in [5, 5.41) is 2.76. The molecule has 1 N–H and O–H groups in total. The van der Waals surface area contributed by atoms with Crippen LogP contribution < -0.4 is 14.8 Å². The lowest BCUT2D eigenvalue weighted by atomic mass is 10.1. The van der Waals surface area contributed by atoms with Crippen molar-refractivity contribution in [2.24, 2.45) is 0 Å². The van der Waals surface area contributed by atoms with Crippen LogP contribution in [-0.4, -0.2) is 25.8 Å². The topological polar surface area (TPSA) is 73.9 Å². The number of benzene rings is 2. The summed E-state index contributed by atoms with van der Waals surface area (Å²) in [7, 11) is 1.32. The molecule has 1 amide bonds. The second-order valence-electron chi connectivity index (χ2n) is 5.40. The molecule has 0 fully saturated rings. The SMILES string of the molecule is COC(=O)c1cccc(NC(=O)/C=C/c2ccc3c(c2)OCO3)c1C. The summed E-state index contributed by atoms with van der Waals surface area (Å²) in [5.41, 5.74) is 2.45. The van der Waals surface area contributed by atoms with E-state index in [2.05, 4.69) is 5.32 Å². The molecule has 6 nitrogen and oxygen atoms in total. The number of rotatable bonds is 4. The van der Waals surface area contributed by atoms with Gasteiger partial charge in [0.2, 0.25) is 12.7 Å². The normalized spacial score (nSPS) is 12.2. The Hall–Kier alpha value is -3.28. The Balaban J connectivity index is 1.71. The highest BCUT2D eigenvalue weighted by Crippen LogP contribution is 2.32. The number of hydrogen-bond donors (Lipinski definition) is 1. The van der Waals surface area contributed by atoms with E-state index in [4.69, 9.17) is 14.2 Å². The van der Waals surface area contributed by atoms with E-state index in [1.807, 2.05) is 6.07 Å². The van der Waals surface area contributed by atoms with Crippen molar-refractivity contribution >= 4 is 23.6 Å². The lowest BCUT2D eigenvalue weighted by Crippen LogP contribution is -2.11. The maximum atomic E-state index is 12.2. The van der Waals surface area contributed by atoms with E-state index < -0.39 is 5.97 Å². The van der Waals surface area contributed by atoms with Gasteiger partial charge in [0.05, 0.1) is 12.7 Å². The molecule has 6 heteroatoms. The number of carbonyl (C=O) groups is 2. The molecule has 0 radical (unpaired) electrons. The second kappa shape index (κ2) is 7.09. The van der Waals surface area contributed by atoms with Crippen LogP contribution >= 0.6 is 0 Å². The van der Waals surface area contributed by atoms with Crippen LogP contribution in [0.15, 0.2) is 42.5 Å². The van der Waals surface area contributed by atoms with Crippen LogP contribution in [0.3, 0.4) is 0 Å². The van der Waals surface area contributed by atoms with Gasteiger partial charge in [0.15, 0.2) is 11.5 Å². The number of ether oxygens (including phenoxy) is 3. The average Bonchev–Trinajstić information content (AvgIpc) is 3.09. The van der Waals surface area contributed by atoms with Gasteiger partial charge in [0.1, 0.15) is 0 Å². The first-order valence-electron chi connectivity index (χ1n) is 7.65. The lowest BCUT2D eigenvalue weighted by Gasteiger charge is -2.10. The maximum absolute atomic E-state index is 12.2. The first kappa shape index (κ1) is 16.6. The average molecular weight is 339 g/mol.